The Hall–Kier alpha value is -5.16. The van der Waals surface area contributed by atoms with E-state index >= 15 is 0 Å². The molecule has 0 aliphatic carbocycles. The molecule has 49 heavy (non-hydrogen) atoms. The summed E-state index contributed by atoms with van der Waals surface area (Å²) >= 11 is 0. The normalized spacial score (nSPS) is 9.63. The maximum Gasteiger partial charge on any atom is 0.339 e. The molecule has 4 aromatic carbocycles. The van der Waals surface area contributed by atoms with Gasteiger partial charge in [-0.3, -0.25) is 0 Å². The second-order valence-corrected chi connectivity index (χ2v) is 11.1. The van der Waals surface area contributed by atoms with E-state index in [1.807, 2.05) is 0 Å². The van der Waals surface area contributed by atoms with Gasteiger partial charge in [0.1, 0.15) is 45.3 Å². The maximum atomic E-state index is 10.6. The molecule has 0 fully saturated rings. The molecule has 0 aliphatic heterocycles. The van der Waals surface area contributed by atoms with Crippen LogP contribution in [0.15, 0.2) is 48.5 Å². The minimum atomic E-state index is -1.10. The van der Waals surface area contributed by atoms with Crippen molar-refractivity contribution in [2.45, 2.75) is 55.4 Å². The molecule has 0 aliphatic rings. The van der Waals surface area contributed by atoms with Gasteiger partial charge in [0.05, 0.1) is 0 Å². The standard InChI is InChI=1S/4C9H10O3.Zr/c4*1-5-3-6(2)8(10)7(4-5)9(11)12;/h4*3-4,10H,1-2H3,(H,11,12);. The molecule has 0 saturated carbocycles. The molecule has 0 heterocycles. The van der Waals surface area contributed by atoms with E-state index in [2.05, 4.69) is 0 Å². The molecular weight excluding hydrogens is 716 g/mol. The first-order valence-electron chi connectivity index (χ1n) is 14.2. The Bertz CT molecular complexity index is 1590. The minimum Gasteiger partial charge on any atom is -0.507 e. The Morgan fingerprint density at radius 3 is 0.612 bits per heavy atom. The first-order chi connectivity index (χ1) is 22.1. The first kappa shape index (κ1) is 43.8. The number of carbonyl (C=O) groups is 4. The first-order valence-corrected chi connectivity index (χ1v) is 14.2. The fourth-order valence-corrected chi connectivity index (χ4v) is 4.49. The van der Waals surface area contributed by atoms with E-state index in [1.54, 1.807) is 79.7 Å². The Labute approximate surface area is 302 Å². The maximum absolute atomic E-state index is 10.6. The third-order valence-electron chi connectivity index (χ3n) is 6.70. The number of aryl methyl sites for hydroxylation is 8. The Morgan fingerprint density at radius 1 is 0.347 bits per heavy atom. The van der Waals surface area contributed by atoms with Gasteiger partial charge in [-0.15, -0.1) is 0 Å². The van der Waals surface area contributed by atoms with Crippen molar-refractivity contribution in [2.75, 3.05) is 0 Å². The summed E-state index contributed by atoms with van der Waals surface area (Å²) in [7, 11) is 0. The Kier molecular flexibility index (Phi) is 17.0. The molecule has 0 spiro atoms. The quantitative estimate of drug-likeness (QED) is 0.107. The number of hydrogen-bond acceptors (Lipinski definition) is 8. The van der Waals surface area contributed by atoms with Gasteiger partial charge in [0.25, 0.3) is 0 Å². The SMILES string of the molecule is Cc1cc(C)c(O)c(C(=O)O)c1.Cc1cc(C)c(O)c(C(=O)O)c1.Cc1cc(C)c(O)c(C(=O)O)c1.Cc1cc(C)c(O)c(C(=O)O)c1.[Zr]. The summed E-state index contributed by atoms with van der Waals surface area (Å²) < 4.78 is 0. The van der Waals surface area contributed by atoms with Crippen molar-refractivity contribution < 1.29 is 86.2 Å². The molecule has 13 heteroatoms. The van der Waals surface area contributed by atoms with E-state index in [-0.39, 0.29) is 71.5 Å². The topological polar surface area (TPSA) is 230 Å². The van der Waals surface area contributed by atoms with Crippen molar-refractivity contribution in [2.24, 2.45) is 0 Å². The van der Waals surface area contributed by atoms with Crippen molar-refractivity contribution in [3.63, 3.8) is 0 Å². The summed E-state index contributed by atoms with van der Waals surface area (Å²) in [5.74, 6) is -4.97. The van der Waals surface area contributed by atoms with Crippen molar-refractivity contribution in [3.8, 4) is 23.0 Å². The van der Waals surface area contributed by atoms with Crippen molar-refractivity contribution in [1.29, 1.82) is 0 Å². The van der Waals surface area contributed by atoms with Gasteiger partial charge in [-0.1, -0.05) is 24.3 Å². The number of carboxylic acids is 4. The van der Waals surface area contributed by atoms with Gasteiger partial charge in [0, 0.05) is 26.2 Å². The average molecular weight is 756 g/mol. The second-order valence-electron chi connectivity index (χ2n) is 11.1. The van der Waals surface area contributed by atoms with Crippen molar-refractivity contribution in [1.82, 2.24) is 0 Å². The van der Waals surface area contributed by atoms with Crippen LogP contribution in [0.25, 0.3) is 0 Å². The average Bonchev–Trinajstić information content (AvgIpc) is 2.97. The molecule has 0 atom stereocenters. The Balaban J connectivity index is 0.000000623. The molecule has 8 N–H and O–H groups in total. The van der Waals surface area contributed by atoms with Crippen LogP contribution in [0, 0.1) is 55.4 Å². The van der Waals surface area contributed by atoms with Gasteiger partial charge in [-0.2, -0.15) is 0 Å². The van der Waals surface area contributed by atoms with E-state index in [0.29, 0.717) is 22.3 Å². The van der Waals surface area contributed by atoms with Crippen LogP contribution in [0.2, 0.25) is 0 Å². The zero-order valence-corrected chi connectivity index (χ0v) is 30.8. The van der Waals surface area contributed by atoms with Crippen LogP contribution in [-0.2, 0) is 26.2 Å². The predicted octanol–water partition coefficient (Wildman–Crippen LogP) is 6.83. The third-order valence-corrected chi connectivity index (χ3v) is 6.70. The number of rotatable bonds is 4. The van der Waals surface area contributed by atoms with E-state index in [1.165, 1.54) is 24.3 Å². The summed E-state index contributed by atoms with van der Waals surface area (Å²) in [5, 5.41) is 71.9. The molecule has 0 unspecified atom stereocenters. The molecule has 0 aromatic heterocycles. The van der Waals surface area contributed by atoms with E-state index in [0.717, 1.165) is 22.3 Å². The van der Waals surface area contributed by atoms with Gasteiger partial charge in [0.15, 0.2) is 0 Å². The number of hydrogen-bond donors (Lipinski definition) is 8. The van der Waals surface area contributed by atoms with Gasteiger partial charge in [-0.25, -0.2) is 19.2 Å². The van der Waals surface area contributed by atoms with Crippen LogP contribution >= 0.6 is 0 Å². The molecule has 4 aromatic rings. The molecule has 0 amide bonds. The number of aromatic carboxylic acids is 4. The van der Waals surface area contributed by atoms with Crippen LogP contribution < -0.4 is 0 Å². The summed E-state index contributed by atoms with van der Waals surface area (Å²) in [6.45, 7) is 13.9. The van der Waals surface area contributed by atoms with Gasteiger partial charge >= 0.3 is 23.9 Å². The number of phenols is 4. The minimum absolute atomic E-state index is 0. The van der Waals surface area contributed by atoms with Gasteiger partial charge in [0.2, 0.25) is 0 Å². The molecule has 260 valence electrons. The summed E-state index contributed by atoms with van der Waals surface area (Å²) in [6, 6.07) is 12.7. The predicted molar refractivity (Wildman–Crippen MR) is 178 cm³/mol. The van der Waals surface area contributed by atoms with Crippen LogP contribution in [-0.4, -0.2) is 64.7 Å². The zero-order valence-electron chi connectivity index (χ0n) is 28.3. The molecule has 0 bridgehead atoms. The summed E-state index contributed by atoms with van der Waals surface area (Å²) in [4.78, 5) is 42.3. The van der Waals surface area contributed by atoms with Crippen LogP contribution in [0.5, 0.6) is 23.0 Å². The second kappa shape index (κ2) is 19.0. The number of carboxylic acid groups (broad SMARTS) is 4. The fraction of sp³-hybridized carbons (Fsp3) is 0.222. The molecular formula is C36H40O12Zr. The Morgan fingerprint density at radius 2 is 0.490 bits per heavy atom. The van der Waals surface area contributed by atoms with Gasteiger partial charge < -0.3 is 40.9 Å². The van der Waals surface area contributed by atoms with Crippen molar-refractivity contribution in [3.05, 3.63) is 115 Å². The summed E-state index contributed by atoms with van der Waals surface area (Å²) in [6.07, 6.45) is 0. The molecule has 0 radical (unpaired) electrons. The summed E-state index contributed by atoms with van der Waals surface area (Å²) in [5.41, 5.74) is 5.57. The molecule has 0 saturated heterocycles. The molecule has 4 rings (SSSR count). The van der Waals surface area contributed by atoms with Crippen LogP contribution in [0.3, 0.4) is 0 Å². The van der Waals surface area contributed by atoms with Crippen molar-refractivity contribution >= 4 is 23.9 Å². The third kappa shape index (κ3) is 12.8. The monoisotopic (exact) mass is 754 g/mol. The van der Waals surface area contributed by atoms with E-state index in [4.69, 9.17) is 20.4 Å². The number of aromatic hydroxyl groups is 4. The van der Waals surface area contributed by atoms with Gasteiger partial charge in [-0.05, 0) is 124 Å². The van der Waals surface area contributed by atoms with Crippen LogP contribution in [0.1, 0.15) is 85.9 Å². The fourth-order valence-electron chi connectivity index (χ4n) is 4.49. The van der Waals surface area contributed by atoms with E-state index in [9.17, 15) is 39.6 Å². The van der Waals surface area contributed by atoms with Crippen LogP contribution in [0.4, 0.5) is 0 Å². The van der Waals surface area contributed by atoms with E-state index < -0.39 is 23.9 Å². The number of benzene rings is 4. The smallest absolute Gasteiger partial charge is 0.339 e. The zero-order chi connectivity index (χ0) is 37.2. The molecule has 12 nitrogen and oxygen atoms in total. The largest absolute Gasteiger partial charge is 0.507 e.